The van der Waals surface area contributed by atoms with Crippen molar-refractivity contribution in [3.8, 4) is 11.8 Å². The average molecular weight is 407 g/mol. The summed E-state index contributed by atoms with van der Waals surface area (Å²) in [6.45, 7) is 2.18. The Morgan fingerprint density at radius 1 is 1.17 bits per heavy atom. The fourth-order valence-electron chi connectivity index (χ4n) is 2.69. The van der Waals surface area contributed by atoms with E-state index in [1.165, 1.54) is 6.08 Å². The second kappa shape index (κ2) is 9.63. The van der Waals surface area contributed by atoms with Crippen molar-refractivity contribution in [1.29, 1.82) is 5.26 Å². The van der Waals surface area contributed by atoms with Crippen LogP contribution >= 0.6 is 11.6 Å². The summed E-state index contributed by atoms with van der Waals surface area (Å²) in [5.41, 5.74) is 1.63. The summed E-state index contributed by atoms with van der Waals surface area (Å²) in [6, 6.07) is 20.0. The van der Waals surface area contributed by atoms with Crippen LogP contribution in [-0.4, -0.2) is 5.91 Å². The van der Waals surface area contributed by atoms with Crippen molar-refractivity contribution in [2.75, 3.05) is 5.32 Å². The molecule has 0 bridgehead atoms. The first kappa shape index (κ1) is 20.2. The quantitative estimate of drug-likeness (QED) is 0.408. The van der Waals surface area contributed by atoms with Crippen LogP contribution in [0.3, 0.4) is 0 Å². The fraction of sp³-hybridized carbons (Fsp3) is 0.130. The zero-order chi connectivity index (χ0) is 20.6. The average Bonchev–Trinajstić information content (AvgIpc) is 3.19. The number of nitriles is 1. The van der Waals surface area contributed by atoms with Gasteiger partial charge in [0.05, 0.1) is 5.02 Å². The number of amides is 1. The van der Waals surface area contributed by atoms with Crippen LogP contribution < -0.4 is 10.1 Å². The molecule has 146 valence electrons. The molecule has 0 aliphatic rings. The van der Waals surface area contributed by atoms with Crippen molar-refractivity contribution in [2.24, 2.45) is 0 Å². The van der Waals surface area contributed by atoms with Crippen molar-refractivity contribution in [3.05, 3.63) is 88.3 Å². The van der Waals surface area contributed by atoms with Gasteiger partial charge in [0.25, 0.3) is 5.91 Å². The van der Waals surface area contributed by atoms with Gasteiger partial charge in [0.1, 0.15) is 35.5 Å². The van der Waals surface area contributed by atoms with E-state index in [4.69, 9.17) is 20.8 Å². The van der Waals surface area contributed by atoms with Gasteiger partial charge < -0.3 is 14.5 Å². The van der Waals surface area contributed by atoms with E-state index >= 15 is 0 Å². The minimum Gasteiger partial charge on any atom is -0.484 e. The maximum atomic E-state index is 12.5. The van der Waals surface area contributed by atoms with Gasteiger partial charge in [-0.15, -0.1) is 0 Å². The van der Waals surface area contributed by atoms with Crippen LogP contribution in [0, 0.1) is 11.3 Å². The predicted molar refractivity (Wildman–Crippen MR) is 113 cm³/mol. The first-order chi connectivity index (χ1) is 14.1. The molecular formula is C23H19ClN2O3. The SMILES string of the molecule is CCc1ccccc1NC(=O)C(C#N)=Cc1ccc(COc2ccccc2Cl)o1. The summed E-state index contributed by atoms with van der Waals surface area (Å²) < 4.78 is 11.3. The number of nitrogens with zero attached hydrogens (tertiary/aromatic N) is 1. The molecular weight excluding hydrogens is 388 g/mol. The number of halogens is 1. The second-order valence-corrected chi connectivity index (χ2v) is 6.57. The Labute approximate surface area is 174 Å². The molecule has 0 spiro atoms. The lowest BCUT2D eigenvalue weighted by molar-refractivity contribution is -0.112. The highest BCUT2D eigenvalue weighted by atomic mass is 35.5. The van der Waals surface area contributed by atoms with Gasteiger partial charge in [-0.05, 0) is 42.3 Å². The Bertz CT molecular complexity index is 1080. The highest BCUT2D eigenvalue weighted by molar-refractivity contribution is 6.32. The molecule has 29 heavy (non-hydrogen) atoms. The third kappa shape index (κ3) is 5.28. The number of rotatable bonds is 7. The lowest BCUT2D eigenvalue weighted by atomic mass is 10.1. The number of furan rings is 1. The lowest BCUT2D eigenvalue weighted by Gasteiger charge is -2.08. The molecule has 1 heterocycles. The van der Waals surface area contributed by atoms with Crippen LogP contribution in [0.2, 0.25) is 5.02 Å². The number of anilines is 1. The Hall–Kier alpha value is -3.49. The van der Waals surface area contributed by atoms with Crippen LogP contribution in [-0.2, 0) is 17.8 Å². The molecule has 1 N–H and O–H groups in total. The van der Waals surface area contributed by atoms with Crippen LogP contribution in [0.4, 0.5) is 5.69 Å². The third-order valence-electron chi connectivity index (χ3n) is 4.19. The van der Waals surface area contributed by atoms with Gasteiger partial charge in [-0.2, -0.15) is 5.26 Å². The Kier molecular flexibility index (Phi) is 6.72. The number of hydrogen-bond donors (Lipinski definition) is 1. The van der Waals surface area contributed by atoms with E-state index in [0.29, 0.717) is 28.0 Å². The summed E-state index contributed by atoms with van der Waals surface area (Å²) in [6.07, 6.45) is 2.18. The molecule has 1 amide bonds. The van der Waals surface area contributed by atoms with Gasteiger partial charge in [0.15, 0.2) is 0 Å². The van der Waals surface area contributed by atoms with Crippen molar-refractivity contribution < 1.29 is 13.9 Å². The number of nitrogens with one attached hydrogen (secondary N) is 1. The normalized spacial score (nSPS) is 11.0. The summed E-state index contributed by atoms with van der Waals surface area (Å²) in [5.74, 6) is 0.997. The highest BCUT2D eigenvalue weighted by Gasteiger charge is 2.13. The Balaban J connectivity index is 1.69. The number of carbonyl (C=O) groups excluding carboxylic acids is 1. The van der Waals surface area contributed by atoms with Crippen molar-refractivity contribution >= 4 is 29.3 Å². The molecule has 0 saturated heterocycles. The van der Waals surface area contributed by atoms with E-state index in [1.54, 1.807) is 24.3 Å². The van der Waals surface area contributed by atoms with E-state index in [9.17, 15) is 10.1 Å². The molecule has 3 rings (SSSR count). The Morgan fingerprint density at radius 3 is 2.69 bits per heavy atom. The number of ether oxygens (including phenoxy) is 1. The number of benzene rings is 2. The Morgan fingerprint density at radius 2 is 1.93 bits per heavy atom. The summed E-state index contributed by atoms with van der Waals surface area (Å²) >= 11 is 6.06. The molecule has 3 aromatic rings. The maximum Gasteiger partial charge on any atom is 0.266 e. The minimum absolute atomic E-state index is 0.0520. The molecule has 0 atom stereocenters. The topological polar surface area (TPSA) is 75.3 Å². The maximum absolute atomic E-state index is 12.5. The third-order valence-corrected chi connectivity index (χ3v) is 4.50. The van der Waals surface area contributed by atoms with Gasteiger partial charge in [0.2, 0.25) is 0 Å². The standard InChI is InChI=1S/C23H19ClN2O3/c1-2-16-7-3-5-9-21(16)26-23(27)17(14-25)13-18-11-12-19(29-18)15-28-22-10-6-4-8-20(22)24/h3-13H,2,15H2,1H3,(H,26,27). The fourth-order valence-corrected chi connectivity index (χ4v) is 2.88. The highest BCUT2D eigenvalue weighted by Crippen LogP contribution is 2.24. The molecule has 2 aromatic carbocycles. The van der Waals surface area contributed by atoms with Gasteiger partial charge >= 0.3 is 0 Å². The number of aryl methyl sites for hydroxylation is 1. The zero-order valence-corrected chi connectivity index (χ0v) is 16.6. The van der Waals surface area contributed by atoms with E-state index in [-0.39, 0.29) is 12.2 Å². The number of para-hydroxylation sites is 2. The van der Waals surface area contributed by atoms with E-state index in [1.807, 2.05) is 49.4 Å². The van der Waals surface area contributed by atoms with Crippen LogP contribution in [0.25, 0.3) is 6.08 Å². The minimum atomic E-state index is -0.487. The zero-order valence-electron chi connectivity index (χ0n) is 15.8. The first-order valence-electron chi connectivity index (χ1n) is 9.07. The first-order valence-corrected chi connectivity index (χ1v) is 9.45. The number of hydrogen-bond acceptors (Lipinski definition) is 4. The monoisotopic (exact) mass is 406 g/mol. The summed E-state index contributed by atoms with van der Waals surface area (Å²) in [7, 11) is 0. The molecule has 0 fully saturated rings. The summed E-state index contributed by atoms with van der Waals surface area (Å²) in [5, 5.41) is 12.7. The van der Waals surface area contributed by atoms with Gasteiger partial charge in [-0.25, -0.2) is 0 Å². The van der Waals surface area contributed by atoms with Crippen LogP contribution in [0.15, 0.2) is 70.7 Å². The van der Waals surface area contributed by atoms with Crippen LogP contribution in [0.1, 0.15) is 24.0 Å². The predicted octanol–water partition coefficient (Wildman–Crippen LogP) is 5.62. The largest absolute Gasteiger partial charge is 0.484 e. The van der Waals surface area contributed by atoms with Gasteiger partial charge in [-0.3, -0.25) is 4.79 Å². The van der Waals surface area contributed by atoms with Crippen molar-refractivity contribution in [1.82, 2.24) is 0 Å². The molecule has 0 unspecified atom stereocenters. The smallest absolute Gasteiger partial charge is 0.266 e. The lowest BCUT2D eigenvalue weighted by Crippen LogP contribution is -2.14. The molecule has 0 saturated carbocycles. The molecule has 0 aliphatic heterocycles. The van der Waals surface area contributed by atoms with E-state index in [0.717, 1.165) is 12.0 Å². The van der Waals surface area contributed by atoms with Gasteiger partial charge in [-0.1, -0.05) is 48.9 Å². The molecule has 6 heteroatoms. The molecule has 5 nitrogen and oxygen atoms in total. The molecule has 1 aromatic heterocycles. The van der Waals surface area contributed by atoms with E-state index in [2.05, 4.69) is 5.32 Å². The summed E-state index contributed by atoms with van der Waals surface area (Å²) in [4.78, 5) is 12.5. The number of carbonyl (C=O) groups is 1. The molecule has 0 aliphatic carbocycles. The van der Waals surface area contributed by atoms with Gasteiger partial charge in [0, 0.05) is 11.8 Å². The van der Waals surface area contributed by atoms with Crippen LogP contribution in [0.5, 0.6) is 5.75 Å². The van der Waals surface area contributed by atoms with Crippen molar-refractivity contribution in [2.45, 2.75) is 20.0 Å². The van der Waals surface area contributed by atoms with Crippen molar-refractivity contribution in [3.63, 3.8) is 0 Å². The second-order valence-electron chi connectivity index (χ2n) is 6.16. The van der Waals surface area contributed by atoms with E-state index < -0.39 is 5.91 Å². The molecule has 0 radical (unpaired) electrons.